The van der Waals surface area contributed by atoms with Crippen LogP contribution in [-0.2, 0) is 0 Å². The van der Waals surface area contributed by atoms with Crippen molar-refractivity contribution in [3.63, 3.8) is 0 Å². The summed E-state index contributed by atoms with van der Waals surface area (Å²) in [7, 11) is 0. The number of carbonyl (C=O) groups is 1. The minimum absolute atomic E-state index is 0.109. The lowest BCUT2D eigenvalue weighted by Gasteiger charge is -2.36. The van der Waals surface area contributed by atoms with Gasteiger partial charge in [-0.15, -0.1) is 0 Å². The van der Waals surface area contributed by atoms with Crippen molar-refractivity contribution in [2.24, 2.45) is 0 Å². The predicted octanol–water partition coefficient (Wildman–Crippen LogP) is 1.27. The third-order valence-corrected chi connectivity index (χ3v) is 3.61. The van der Waals surface area contributed by atoms with E-state index >= 15 is 0 Å². The van der Waals surface area contributed by atoms with Gasteiger partial charge in [0.05, 0.1) is 0 Å². The van der Waals surface area contributed by atoms with Crippen LogP contribution in [0.5, 0.6) is 0 Å². The molecule has 1 aliphatic rings. The number of piperazine rings is 1. The van der Waals surface area contributed by atoms with Gasteiger partial charge in [-0.2, -0.15) is 0 Å². The SMILES string of the molecule is CCNC(=O)NCCN1CCN(c2ccc(F)cc2)CC1. The average Bonchev–Trinajstić information content (AvgIpc) is 2.49. The second kappa shape index (κ2) is 7.83. The number of carbonyl (C=O) groups excluding carboxylic acids is 1. The van der Waals surface area contributed by atoms with Gasteiger partial charge >= 0.3 is 6.03 Å². The minimum atomic E-state index is -0.200. The van der Waals surface area contributed by atoms with Crippen LogP contribution >= 0.6 is 0 Å². The number of hydrogen-bond acceptors (Lipinski definition) is 3. The highest BCUT2D eigenvalue weighted by molar-refractivity contribution is 5.73. The Bertz CT molecular complexity index is 443. The number of hydrogen-bond donors (Lipinski definition) is 2. The number of halogens is 1. The zero-order valence-corrected chi connectivity index (χ0v) is 12.4. The van der Waals surface area contributed by atoms with Gasteiger partial charge in [0.1, 0.15) is 5.82 Å². The molecule has 0 radical (unpaired) electrons. The molecule has 0 atom stereocenters. The van der Waals surface area contributed by atoms with E-state index in [9.17, 15) is 9.18 Å². The number of rotatable bonds is 5. The molecule has 1 heterocycles. The Balaban J connectivity index is 1.68. The lowest BCUT2D eigenvalue weighted by molar-refractivity contribution is 0.232. The number of benzene rings is 1. The fraction of sp³-hybridized carbons (Fsp3) is 0.533. The third kappa shape index (κ3) is 4.90. The molecule has 21 heavy (non-hydrogen) atoms. The van der Waals surface area contributed by atoms with Gasteiger partial charge in [-0.25, -0.2) is 9.18 Å². The van der Waals surface area contributed by atoms with Gasteiger partial charge in [0.25, 0.3) is 0 Å². The lowest BCUT2D eigenvalue weighted by atomic mass is 10.2. The van der Waals surface area contributed by atoms with Crippen molar-refractivity contribution >= 4 is 11.7 Å². The molecule has 1 fully saturated rings. The summed E-state index contributed by atoms with van der Waals surface area (Å²) >= 11 is 0. The molecule has 0 spiro atoms. The molecular weight excluding hydrogens is 271 g/mol. The maximum atomic E-state index is 12.9. The average molecular weight is 294 g/mol. The zero-order valence-electron chi connectivity index (χ0n) is 12.4. The quantitative estimate of drug-likeness (QED) is 0.860. The van der Waals surface area contributed by atoms with Crippen molar-refractivity contribution in [3.05, 3.63) is 30.1 Å². The first-order valence-electron chi connectivity index (χ1n) is 7.43. The Morgan fingerprint density at radius 2 is 1.81 bits per heavy atom. The van der Waals surface area contributed by atoms with Crippen LogP contribution < -0.4 is 15.5 Å². The minimum Gasteiger partial charge on any atom is -0.369 e. The van der Waals surface area contributed by atoms with E-state index < -0.39 is 0 Å². The largest absolute Gasteiger partial charge is 0.369 e. The number of nitrogens with zero attached hydrogens (tertiary/aromatic N) is 2. The van der Waals surface area contributed by atoms with Crippen LogP contribution in [0.15, 0.2) is 24.3 Å². The fourth-order valence-corrected chi connectivity index (χ4v) is 2.43. The van der Waals surface area contributed by atoms with Crippen molar-refractivity contribution in [2.75, 3.05) is 50.7 Å². The molecule has 0 unspecified atom stereocenters. The van der Waals surface area contributed by atoms with E-state index in [1.165, 1.54) is 12.1 Å². The van der Waals surface area contributed by atoms with Crippen LogP contribution in [0, 0.1) is 5.82 Å². The Labute approximate surface area is 125 Å². The molecule has 0 saturated carbocycles. The summed E-state index contributed by atoms with van der Waals surface area (Å²) in [4.78, 5) is 15.9. The summed E-state index contributed by atoms with van der Waals surface area (Å²) in [6.07, 6.45) is 0. The highest BCUT2D eigenvalue weighted by Gasteiger charge is 2.16. The monoisotopic (exact) mass is 294 g/mol. The van der Waals surface area contributed by atoms with E-state index in [1.54, 1.807) is 0 Å². The Hall–Kier alpha value is -1.82. The van der Waals surface area contributed by atoms with Gasteiger partial charge in [-0.3, -0.25) is 4.90 Å². The van der Waals surface area contributed by atoms with E-state index in [0.717, 1.165) is 38.4 Å². The van der Waals surface area contributed by atoms with E-state index in [2.05, 4.69) is 20.4 Å². The first-order valence-corrected chi connectivity index (χ1v) is 7.43. The lowest BCUT2D eigenvalue weighted by Crippen LogP contribution is -2.49. The van der Waals surface area contributed by atoms with E-state index in [0.29, 0.717) is 13.1 Å². The molecule has 0 bridgehead atoms. The molecule has 6 heteroatoms. The van der Waals surface area contributed by atoms with Crippen molar-refractivity contribution in [1.82, 2.24) is 15.5 Å². The second-order valence-electron chi connectivity index (χ2n) is 5.09. The summed E-state index contributed by atoms with van der Waals surface area (Å²) < 4.78 is 12.9. The van der Waals surface area contributed by atoms with Crippen molar-refractivity contribution in [3.8, 4) is 0 Å². The van der Waals surface area contributed by atoms with Crippen LogP contribution in [0.3, 0.4) is 0 Å². The Morgan fingerprint density at radius 3 is 2.43 bits per heavy atom. The van der Waals surface area contributed by atoms with Crippen LogP contribution in [0.4, 0.5) is 14.9 Å². The normalized spacial score (nSPS) is 15.8. The molecule has 1 saturated heterocycles. The van der Waals surface area contributed by atoms with Crippen molar-refractivity contribution in [1.29, 1.82) is 0 Å². The molecular formula is C15H23FN4O. The molecule has 1 aromatic rings. The van der Waals surface area contributed by atoms with Gasteiger partial charge in [0, 0.05) is 51.5 Å². The van der Waals surface area contributed by atoms with Gasteiger partial charge in [-0.05, 0) is 31.2 Å². The smallest absolute Gasteiger partial charge is 0.314 e. The molecule has 0 aromatic heterocycles. The Kier molecular flexibility index (Phi) is 5.80. The van der Waals surface area contributed by atoms with Gasteiger partial charge in [0.2, 0.25) is 0 Å². The molecule has 0 aliphatic carbocycles. The summed E-state index contributed by atoms with van der Waals surface area (Å²) in [5.41, 5.74) is 1.07. The van der Waals surface area contributed by atoms with Crippen molar-refractivity contribution in [2.45, 2.75) is 6.92 Å². The molecule has 2 N–H and O–H groups in total. The van der Waals surface area contributed by atoms with E-state index in [-0.39, 0.29) is 11.8 Å². The first kappa shape index (κ1) is 15.6. The molecule has 1 aromatic carbocycles. The molecule has 2 rings (SSSR count). The first-order chi connectivity index (χ1) is 10.2. The van der Waals surface area contributed by atoms with Crippen molar-refractivity contribution < 1.29 is 9.18 Å². The number of amides is 2. The van der Waals surface area contributed by atoms with Gasteiger partial charge < -0.3 is 15.5 Å². The summed E-state index contributed by atoms with van der Waals surface area (Å²) in [6.45, 7) is 7.80. The molecule has 2 amide bonds. The van der Waals surface area contributed by atoms with Crippen LogP contribution in [-0.4, -0.2) is 56.7 Å². The maximum absolute atomic E-state index is 12.9. The zero-order chi connectivity index (χ0) is 15.1. The number of urea groups is 1. The van der Waals surface area contributed by atoms with Crippen LogP contribution in [0.1, 0.15) is 6.92 Å². The highest BCUT2D eigenvalue weighted by atomic mass is 19.1. The second-order valence-corrected chi connectivity index (χ2v) is 5.09. The van der Waals surface area contributed by atoms with E-state index in [1.807, 2.05) is 19.1 Å². The fourth-order valence-electron chi connectivity index (χ4n) is 2.43. The standard InChI is InChI=1S/C15H23FN4O/c1-2-17-15(21)18-7-8-19-9-11-20(12-10-19)14-5-3-13(16)4-6-14/h3-6H,2,7-12H2,1H3,(H2,17,18,21). The van der Waals surface area contributed by atoms with Crippen LogP contribution in [0.25, 0.3) is 0 Å². The summed E-state index contributed by atoms with van der Waals surface area (Å²) in [5.74, 6) is -0.200. The molecule has 5 nitrogen and oxygen atoms in total. The predicted molar refractivity (Wildman–Crippen MR) is 82.1 cm³/mol. The van der Waals surface area contributed by atoms with Crippen LogP contribution in [0.2, 0.25) is 0 Å². The molecule has 1 aliphatic heterocycles. The number of anilines is 1. The van der Waals surface area contributed by atoms with Gasteiger partial charge in [-0.1, -0.05) is 0 Å². The summed E-state index contributed by atoms with van der Waals surface area (Å²) in [6, 6.07) is 6.53. The molecule has 116 valence electrons. The summed E-state index contributed by atoms with van der Waals surface area (Å²) in [5, 5.41) is 5.54. The third-order valence-electron chi connectivity index (χ3n) is 3.61. The van der Waals surface area contributed by atoms with Gasteiger partial charge in [0.15, 0.2) is 0 Å². The number of nitrogens with one attached hydrogen (secondary N) is 2. The highest BCUT2D eigenvalue weighted by Crippen LogP contribution is 2.16. The maximum Gasteiger partial charge on any atom is 0.314 e. The topological polar surface area (TPSA) is 47.6 Å². The van der Waals surface area contributed by atoms with E-state index in [4.69, 9.17) is 0 Å². The Morgan fingerprint density at radius 1 is 1.14 bits per heavy atom.